The van der Waals surface area contributed by atoms with Crippen molar-refractivity contribution >= 4 is 83.2 Å². The van der Waals surface area contributed by atoms with Crippen LogP contribution in [0.1, 0.15) is 93.4 Å². The van der Waals surface area contributed by atoms with Crippen LogP contribution in [-0.2, 0) is 38.4 Å². The average Bonchev–Trinajstić information content (AvgIpc) is 3.04. The molecule has 0 aliphatic carbocycles. The second-order valence-electron chi connectivity index (χ2n) is 12.1. The van der Waals surface area contributed by atoms with Crippen LogP contribution in [0.5, 0.6) is 0 Å². The van der Waals surface area contributed by atoms with E-state index in [2.05, 4.69) is 29.7 Å². The molecule has 302 valence electrons. The van der Waals surface area contributed by atoms with E-state index in [1.54, 1.807) is 13.8 Å². The molecule has 0 radical (unpaired) electrons. The Labute approximate surface area is 318 Å². The normalized spacial score (nSPS) is 13.0. The molecule has 21 nitrogen and oxygen atoms in total. The molecule has 7 N–H and O–H groups in total. The first-order chi connectivity index (χ1) is 24.4. The van der Waals surface area contributed by atoms with Crippen molar-refractivity contribution < 1.29 is 58.8 Å². The Hall–Kier alpha value is -4.19. The molecule has 3 amide bonds. The minimum Gasteiger partial charge on any atom is -0.481 e. The summed E-state index contributed by atoms with van der Waals surface area (Å²) >= 11 is 1.74. The molecule has 0 spiro atoms. The lowest BCUT2D eigenvalue weighted by atomic mass is 10.0. The Bertz CT molecular complexity index is 1290. The number of unbranched alkanes of at least 4 members (excludes halogenated alkanes) is 1. The van der Waals surface area contributed by atoms with E-state index in [4.69, 9.17) is 20.4 Å². The zero-order valence-corrected chi connectivity index (χ0v) is 32.8. The number of carboxylic acids is 4. The van der Waals surface area contributed by atoms with Gasteiger partial charge in [0.25, 0.3) is 0 Å². The van der Waals surface area contributed by atoms with Gasteiger partial charge in [0.2, 0.25) is 17.7 Å². The molecule has 0 aromatic rings. The summed E-state index contributed by atoms with van der Waals surface area (Å²) in [7, 11) is 0. The first-order valence-corrected chi connectivity index (χ1v) is 18.2. The maximum Gasteiger partial charge on any atom is 0.327 e. The molecule has 0 bridgehead atoms. The lowest BCUT2D eigenvalue weighted by Crippen LogP contribution is -2.52. The maximum atomic E-state index is 11.8. The molecule has 0 aromatic heterocycles. The Morgan fingerprint density at radius 1 is 0.660 bits per heavy atom. The quantitative estimate of drug-likeness (QED) is 0.0511. The summed E-state index contributed by atoms with van der Waals surface area (Å²) in [6, 6.07) is -3.29. The van der Waals surface area contributed by atoms with Gasteiger partial charge in [0.15, 0.2) is 5.78 Å². The lowest BCUT2D eigenvalue weighted by Gasteiger charge is -2.28. The zero-order chi connectivity index (χ0) is 41.9. The highest BCUT2D eigenvalue weighted by atomic mass is 32.2. The van der Waals surface area contributed by atoms with Crippen LogP contribution in [-0.4, -0.2) is 101 Å². The summed E-state index contributed by atoms with van der Waals surface area (Å²) in [6.45, 7) is 10.8. The number of carbonyl (C=O) groups excluding carboxylic acids is 4. The van der Waals surface area contributed by atoms with E-state index in [0.29, 0.717) is 42.3 Å². The van der Waals surface area contributed by atoms with E-state index in [0.717, 1.165) is 6.42 Å². The van der Waals surface area contributed by atoms with Crippen molar-refractivity contribution in [2.75, 3.05) is 5.75 Å². The topological polar surface area (TPSA) is 342 Å². The summed E-state index contributed by atoms with van der Waals surface area (Å²) in [6.07, 6.45) is 1.23. The van der Waals surface area contributed by atoms with Gasteiger partial charge in [-0.25, -0.2) is 9.59 Å². The number of aliphatic carboxylic acids is 4. The lowest BCUT2D eigenvalue weighted by molar-refractivity contribution is -0.142. The van der Waals surface area contributed by atoms with Crippen LogP contribution in [0.25, 0.3) is 0 Å². The maximum absolute atomic E-state index is 11.8. The van der Waals surface area contributed by atoms with Crippen LogP contribution in [0.15, 0.2) is 13.7 Å². The Kier molecular flexibility index (Phi) is 28.4. The fraction of sp³-hybridized carbons (Fsp3) is 0.724. The summed E-state index contributed by atoms with van der Waals surface area (Å²) in [4.78, 5) is 119. The van der Waals surface area contributed by atoms with Crippen molar-refractivity contribution in [2.24, 2.45) is 19.7 Å². The number of nitroso groups, excluding NO2 is 3. The smallest absolute Gasteiger partial charge is 0.327 e. The van der Waals surface area contributed by atoms with Crippen molar-refractivity contribution in [3.05, 3.63) is 14.7 Å². The molecular formula is C29H48N6O15S3. The number of hydrogen-bond acceptors (Lipinski definition) is 17. The summed E-state index contributed by atoms with van der Waals surface area (Å²) in [5.74, 6) is -7.16. The van der Waals surface area contributed by atoms with E-state index in [1.807, 2.05) is 6.92 Å². The Morgan fingerprint density at radius 2 is 1.13 bits per heavy atom. The number of rotatable bonds is 25. The summed E-state index contributed by atoms with van der Waals surface area (Å²) < 4.78 is 5.78. The van der Waals surface area contributed by atoms with Crippen LogP contribution in [0.3, 0.4) is 0 Å². The van der Waals surface area contributed by atoms with E-state index < -0.39 is 75.0 Å². The van der Waals surface area contributed by atoms with Crippen LogP contribution < -0.4 is 16.0 Å². The predicted molar refractivity (Wildman–Crippen MR) is 197 cm³/mol. The van der Waals surface area contributed by atoms with Gasteiger partial charge in [-0.05, 0) is 40.5 Å². The molecule has 53 heavy (non-hydrogen) atoms. The Balaban J connectivity index is -0.000000728. The van der Waals surface area contributed by atoms with E-state index in [-0.39, 0.29) is 43.8 Å². The van der Waals surface area contributed by atoms with Crippen molar-refractivity contribution in [2.45, 2.75) is 121 Å². The van der Waals surface area contributed by atoms with Gasteiger partial charge >= 0.3 is 23.9 Å². The van der Waals surface area contributed by atoms with Gasteiger partial charge in [0.1, 0.15) is 12.1 Å². The third kappa shape index (κ3) is 26.3. The molecule has 0 heterocycles. The first-order valence-electron chi connectivity index (χ1n) is 15.7. The zero-order valence-electron chi connectivity index (χ0n) is 30.3. The number of amides is 3. The average molecular weight is 817 g/mol. The molecule has 0 rings (SSSR count). The van der Waals surface area contributed by atoms with Crippen molar-refractivity contribution in [1.29, 1.82) is 0 Å². The second-order valence-corrected chi connectivity index (χ2v) is 15.6. The highest BCUT2D eigenvalue weighted by Crippen LogP contribution is 2.30. The number of carboxylic acid groups (broad SMARTS) is 4. The molecule has 0 saturated carbocycles. The van der Waals surface area contributed by atoms with Crippen LogP contribution in [0.4, 0.5) is 0 Å². The van der Waals surface area contributed by atoms with Crippen molar-refractivity contribution in [3.8, 4) is 0 Å². The molecule has 24 heteroatoms. The van der Waals surface area contributed by atoms with Crippen LogP contribution in [0, 0.1) is 20.6 Å². The molecule has 0 aliphatic rings. The third-order valence-corrected chi connectivity index (χ3v) is 8.82. The van der Waals surface area contributed by atoms with E-state index in [1.165, 1.54) is 27.7 Å². The first kappa shape index (κ1) is 53.2. The van der Waals surface area contributed by atoms with Gasteiger partial charge < -0.3 is 36.4 Å². The van der Waals surface area contributed by atoms with Gasteiger partial charge in [-0.15, -0.1) is 14.7 Å². The third-order valence-electron chi connectivity index (χ3n) is 6.67. The molecular weight excluding hydrogens is 769 g/mol. The summed E-state index contributed by atoms with van der Waals surface area (Å²) in [5, 5.41) is 42.1. The monoisotopic (exact) mass is 816 g/mol. The standard InChI is InChI=1S/C12H18N2O7S.C10H18N2O4S.C7H12N2O4S/c1-7(12(19)20)2-4-10(16)13-8(6-22-14-21)9(15)3-5-11(17)18;1-4-5-6-7(13)11-8(9(14)15)10(2,3)17-12-16;1-4(10)8-5(6(11)12)7(2,3)14-9-13/h7-8H,2-6H2,1H3,(H,13,16)(H,17,18)(H,19,20);8H,4-6H2,1-3H3,(H,11,13)(H,14,15);5H,1-3H3,(H,8,10)(H,11,12). The number of nitrogens with one attached hydrogen (secondary N) is 3. The predicted octanol–water partition coefficient (Wildman–Crippen LogP) is 3.53. The minimum absolute atomic E-state index is 0.0879. The molecule has 4 atom stereocenters. The summed E-state index contributed by atoms with van der Waals surface area (Å²) in [5.41, 5.74) is 0. The Morgan fingerprint density at radius 3 is 1.51 bits per heavy atom. The van der Waals surface area contributed by atoms with E-state index >= 15 is 0 Å². The molecule has 4 unspecified atom stereocenters. The van der Waals surface area contributed by atoms with Crippen LogP contribution >= 0.6 is 35.8 Å². The molecule has 0 aliphatic heterocycles. The highest BCUT2D eigenvalue weighted by Gasteiger charge is 2.39. The molecule has 0 fully saturated rings. The number of Topliss-reactive ketones (excluding diaryl/α,β-unsaturated/α-hetero) is 1. The van der Waals surface area contributed by atoms with Crippen molar-refractivity contribution in [1.82, 2.24) is 16.0 Å². The number of ketones is 1. The van der Waals surface area contributed by atoms with Crippen molar-refractivity contribution in [3.63, 3.8) is 0 Å². The van der Waals surface area contributed by atoms with Crippen LogP contribution in [0.2, 0.25) is 0 Å². The second kappa shape index (κ2) is 28.3. The van der Waals surface area contributed by atoms with Gasteiger partial charge in [-0.1, -0.05) is 20.3 Å². The fourth-order valence-electron chi connectivity index (χ4n) is 3.60. The van der Waals surface area contributed by atoms with Gasteiger partial charge in [0.05, 0.1) is 27.9 Å². The van der Waals surface area contributed by atoms with Gasteiger partial charge in [-0.2, -0.15) is 0 Å². The number of hydrogen-bond donors (Lipinski definition) is 7. The highest BCUT2D eigenvalue weighted by molar-refractivity contribution is 7.99. The number of nitrogens with zero attached hydrogens (tertiary/aromatic N) is 3. The number of carbonyl (C=O) groups is 8. The minimum atomic E-state index is -1.19. The van der Waals surface area contributed by atoms with Gasteiger partial charge in [0, 0.05) is 81.5 Å². The van der Waals surface area contributed by atoms with E-state index in [9.17, 15) is 53.1 Å². The fourth-order valence-corrected chi connectivity index (χ4v) is 4.99. The molecule has 0 aromatic carbocycles. The SMILES string of the molecule is CC(=O)NC(C(=O)O)C(C)(C)SN=O.CC(CCC(=O)NC(CSN=O)C(=O)CCC(=O)O)C(=O)O.CCCCC(=O)NC(C(=O)O)C(C)(C)SN=O. The molecule has 0 saturated heterocycles. The van der Waals surface area contributed by atoms with Gasteiger partial charge in [-0.3, -0.25) is 28.8 Å². The largest absolute Gasteiger partial charge is 0.481 e.